The number of unbranched alkanes of at least 4 members (excludes halogenated alkanes) is 2. The van der Waals surface area contributed by atoms with Crippen molar-refractivity contribution in [3.05, 3.63) is 48.5 Å². The van der Waals surface area contributed by atoms with Crippen molar-refractivity contribution in [3.63, 3.8) is 0 Å². The summed E-state index contributed by atoms with van der Waals surface area (Å²) in [6, 6.07) is 17.8. The van der Waals surface area contributed by atoms with Gasteiger partial charge in [0.05, 0.1) is 20.3 Å². The van der Waals surface area contributed by atoms with Crippen LogP contribution in [0.1, 0.15) is 19.3 Å². The molecule has 0 atom stereocenters. The molecule has 3 aromatic rings. The number of aromatic nitrogens is 3. The minimum Gasteiger partial charge on any atom is -0.497 e. The molecular weight excluding hydrogens is 372 g/mol. The average Bonchev–Trinajstić information content (AvgIpc) is 3.17. The molecule has 0 aliphatic heterocycles. The lowest BCUT2D eigenvalue weighted by atomic mass is 10.2. The number of nitrogens with zero attached hydrogens (tertiary/aromatic N) is 4. The van der Waals surface area contributed by atoms with Gasteiger partial charge in [0.2, 0.25) is 0 Å². The SMILES string of the molecule is COc1ccc(-c2nnc(SCCCCC#N)n2-c2ccc(OC)cc2)cc1. The van der Waals surface area contributed by atoms with Gasteiger partial charge in [-0.2, -0.15) is 5.26 Å². The van der Waals surface area contributed by atoms with E-state index >= 15 is 0 Å². The smallest absolute Gasteiger partial charge is 0.196 e. The fourth-order valence-electron chi connectivity index (χ4n) is 2.72. The van der Waals surface area contributed by atoms with Crippen molar-refractivity contribution in [2.24, 2.45) is 0 Å². The van der Waals surface area contributed by atoms with E-state index in [0.29, 0.717) is 6.42 Å². The molecule has 28 heavy (non-hydrogen) atoms. The Balaban J connectivity index is 1.93. The standard InChI is InChI=1S/C21H22N4O2S/c1-26-18-10-6-16(7-11-18)20-23-24-21(28-15-5-3-4-14-22)25(20)17-8-12-19(27-2)13-9-17/h6-13H,3-5,15H2,1-2H3. The second kappa shape index (κ2) is 9.81. The molecule has 1 aromatic heterocycles. The predicted octanol–water partition coefficient (Wildman–Crippen LogP) is 4.74. The van der Waals surface area contributed by atoms with Crippen LogP contribution in [0, 0.1) is 11.3 Å². The summed E-state index contributed by atoms with van der Waals surface area (Å²) in [7, 11) is 3.30. The minimum atomic E-state index is 0.586. The Kier molecular flexibility index (Phi) is 6.93. The van der Waals surface area contributed by atoms with Gasteiger partial charge in [-0.05, 0) is 61.4 Å². The van der Waals surface area contributed by atoms with Gasteiger partial charge in [0.25, 0.3) is 0 Å². The number of hydrogen-bond donors (Lipinski definition) is 0. The van der Waals surface area contributed by atoms with Crippen LogP contribution in [-0.4, -0.2) is 34.7 Å². The van der Waals surface area contributed by atoms with Crippen molar-refractivity contribution < 1.29 is 9.47 Å². The maximum Gasteiger partial charge on any atom is 0.196 e. The first-order valence-electron chi connectivity index (χ1n) is 9.01. The van der Waals surface area contributed by atoms with Gasteiger partial charge in [-0.3, -0.25) is 4.57 Å². The lowest BCUT2D eigenvalue weighted by molar-refractivity contribution is 0.414. The van der Waals surface area contributed by atoms with E-state index in [0.717, 1.165) is 52.3 Å². The number of rotatable bonds is 9. The molecule has 1 heterocycles. The van der Waals surface area contributed by atoms with E-state index in [1.165, 1.54) is 0 Å². The number of thioether (sulfide) groups is 1. The van der Waals surface area contributed by atoms with Gasteiger partial charge in [-0.1, -0.05) is 11.8 Å². The van der Waals surface area contributed by atoms with Crippen LogP contribution >= 0.6 is 11.8 Å². The van der Waals surface area contributed by atoms with Crippen LogP contribution in [0.2, 0.25) is 0 Å². The zero-order chi connectivity index (χ0) is 19.8. The number of ether oxygens (including phenoxy) is 2. The van der Waals surface area contributed by atoms with E-state index < -0.39 is 0 Å². The zero-order valence-corrected chi connectivity index (χ0v) is 16.8. The van der Waals surface area contributed by atoms with Crippen LogP contribution in [0.25, 0.3) is 17.1 Å². The fourth-order valence-corrected chi connectivity index (χ4v) is 3.67. The highest BCUT2D eigenvalue weighted by Crippen LogP contribution is 2.30. The van der Waals surface area contributed by atoms with Crippen molar-refractivity contribution in [2.45, 2.75) is 24.4 Å². The van der Waals surface area contributed by atoms with Crippen molar-refractivity contribution in [2.75, 3.05) is 20.0 Å². The first-order valence-corrected chi connectivity index (χ1v) is 9.99. The first kappa shape index (κ1) is 19.8. The molecule has 0 saturated heterocycles. The van der Waals surface area contributed by atoms with Crippen molar-refractivity contribution >= 4 is 11.8 Å². The summed E-state index contributed by atoms with van der Waals surface area (Å²) in [6.45, 7) is 0. The van der Waals surface area contributed by atoms with Crippen LogP contribution in [0.3, 0.4) is 0 Å². The molecule has 144 valence electrons. The Hall–Kier alpha value is -2.98. The number of benzene rings is 2. The fraction of sp³-hybridized carbons (Fsp3) is 0.286. The summed E-state index contributed by atoms with van der Waals surface area (Å²) in [5, 5.41) is 18.4. The third kappa shape index (κ3) is 4.65. The Morgan fingerprint density at radius 1 is 0.929 bits per heavy atom. The summed E-state index contributed by atoms with van der Waals surface area (Å²) >= 11 is 1.65. The maximum atomic E-state index is 8.68. The van der Waals surface area contributed by atoms with E-state index in [1.807, 2.05) is 48.5 Å². The predicted molar refractivity (Wildman–Crippen MR) is 110 cm³/mol. The van der Waals surface area contributed by atoms with Crippen LogP contribution in [-0.2, 0) is 0 Å². The van der Waals surface area contributed by atoms with Gasteiger partial charge in [0.1, 0.15) is 11.5 Å². The highest BCUT2D eigenvalue weighted by Gasteiger charge is 2.16. The van der Waals surface area contributed by atoms with Crippen LogP contribution in [0.4, 0.5) is 0 Å². The normalized spacial score (nSPS) is 10.5. The molecule has 0 amide bonds. The number of hydrogen-bond acceptors (Lipinski definition) is 6. The van der Waals surface area contributed by atoms with Crippen molar-refractivity contribution in [3.8, 4) is 34.6 Å². The molecule has 0 bridgehead atoms. The van der Waals surface area contributed by atoms with E-state index in [-0.39, 0.29) is 0 Å². The number of methoxy groups -OCH3 is 2. The van der Waals surface area contributed by atoms with E-state index in [9.17, 15) is 0 Å². The largest absolute Gasteiger partial charge is 0.497 e. The molecule has 7 heteroatoms. The topological polar surface area (TPSA) is 73.0 Å². The van der Waals surface area contributed by atoms with Crippen LogP contribution in [0.5, 0.6) is 11.5 Å². The van der Waals surface area contributed by atoms with Gasteiger partial charge in [-0.15, -0.1) is 10.2 Å². The monoisotopic (exact) mass is 394 g/mol. The second-order valence-corrected chi connectivity index (χ2v) is 7.09. The van der Waals surface area contributed by atoms with Crippen molar-refractivity contribution in [1.82, 2.24) is 14.8 Å². The molecule has 0 aliphatic carbocycles. The highest BCUT2D eigenvalue weighted by molar-refractivity contribution is 7.99. The number of nitriles is 1. The van der Waals surface area contributed by atoms with E-state index in [2.05, 4.69) is 20.8 Å². The summed E-state index contributed by atoms with van der Waals surface area (Å²) in [5.74, 6) is 3.26. The Labute approximate surface area is 169 Å². The molecule has 0 spiro atoms. The lowest BCUT2D eigenvalue weighted by Gasteiger charge is -2.11. The Bertz CT molecular complexity index is 931. The van der Waals surface area contributed by atoms with Crippen LogP contribution in [0.15, 0.2) is 53.7 Å². The minimum absolute atomic E-state index is 0.586. The molecule has 0 aliphatic rings. The van der Waals surface area contributed by atoms with Gasteiger partial charge in [-0.25, -0.2) is 0 Å². The second-order valence-electron chi connectivity index (χ2n) is 6.03. The molecule has 0 fully saturated rings. The van der Waals surface area contributed by atoms with E-state index in [1.54, 1.807) is 26.0 Å². The van der Waals surface area contributed by atoms with E-state index in [4.69, 9.17) is 14.7 Å². The molecular formula is C21H22N4O2S. The molecule has 0 N–H and O–H groups in total. The highest BCUT2D eigenvalue weighted by atomic mass is 32.2. The molecule has 3 rings (SSSR count). The Morgan fingerprint density at radius 3 is 2.18 bits per heavy atom. The van der Waals surface area contributed by atoms with Gasteiger partial charge in [0, 0.05) is 23.4 Å². The summed E-state index contributed by atoms with van der Waals surface area (Å²) in [6.07, 6.45) is 2.44. The quantitative estimate of drug-likeness (QED) is 0.386. The Morgan fingerprint density at radius 2 is 1.57 bits per heavy atom. The summed E-state index contributed by atoms with van der Waals surface area (Å²) < 4.78 is 12.6. The third-order valence-electron chi connectivity index (χ3n) is 4.23. The molecule has 2 aromatic carbocycles. The molecule has 0 unspecified atom stereocenters. The average molecular weight is 395 g/mol. The van der Waals surface area contributed by atoms with Gasteiger partial charge in [0.15, 0.2) is 11.0 Å². The van der Waals surface area contributed by atoms with Gasteiger partial charge < -0.3 is 9.47 Å². The van der Waals surface area contributed by atoms with Crippen molar-refractivity contribution in [1.29, 1.82) is 5.26 Å². The zero-order valence-electron chi connectivity index (χ0n) is 16.0. The third-order valence-corrected chi connectivity index (χ3v) is 5.24. The lowest BCUT2D eigenvalue weighted by Crippen LogP contribution is -2.00. The first-order chi connectivity index (χ1) is 13.8. The maximum absolute atomic E-state index is 8.68. The molecule has 0 saturated carbocycles. The van der Waals surface area contributed by atoms with Gasteiger partial charge >= 0.3 is 0 Å². The summed E-state index contributed by atoms with van der Waals surface area (Å²) in [4.78, 5) is 0. The summed E-state index contributed by atoms with van der Waals surface area (Å²) in [5.41, 5.74) is 1.93. The van der Waals surface area contributed by atoms with Crippen LogP contribution < -0.4 is 9.47 Å². The molecule has 0 radical (unpaired) electrons. The molecule has 6 nitrogen and oxygen atoms in total.